The summed E-state index contributed by atoms with van der Waals surface area (Å²) in [6, 6.07) is 4.05. The summed E-state index contributed by atoms with van der Waals surface area (Å²) in [5, 5.41) is 0. The molecule has 0 spiro atoms. The summed E-state index contributed by atoms with van der Waals surface area (Å²) in [6.45, 7) is 2.92. The molecule has 0 aliphatic rings. The van der Waals surface area contributed by atoms with Crippen molar-refractivity contribution in [3.63, 3.8) is 0 Å². The van der Waals surface area contributed by atoms with Crippen LogP contribution >= 0.6 is 0 Å². The molecule has 11 heavy (non-hydrogen) atoms. The molecule has 2 heteroatoms. The van der Waals surface area contributed by atoms with Crippen LogP contribution in [0.3, 0.4) is 0 Å². The molecule has 0 fully saturated rings. The van der Waals surface area contributed by atoms with Crippen LogP contribution in [-0.2, 0) is 0 Å². The number of pyridine rings is 1. The van der Waals surface area contributed by atoms with Crippen molar-refractivity contribution in [3.8, 4) is 0 Å². The molecule has 0 aliphatic heterocycles. The highest BCUT2D eigenvalue weighted by atomic mass is 14.6. The molecule has 0 saturated carbocycles. The van der Waals surface area contributed by atoms with Gasteiger partial charge in [0.15, 0.2) is 0 Å². The van der Waals surface area contributed by atoms with Crippen molar-refractivity contribution in [2.24, 2.45) is 5.73 Å². The van der Waals surface area contributed by atoms with Crippen LogP contribution in [0.5, 0.6) is 0 Å². The van der Waals surface area contributed by atoms with Gasteiger partial charge in [-0.15, -0.1) is 0 Å². The van der Waals surface area contributed by atoms with Crippen molar-refractivity contribution in [1.82, 2.24) is 4.98 Å². The predicted octanol–water partition coefficient (Wildman–Crippen LogP) is 1.53. The molecule has 2 N–H and O–H groups in total. The first-order chi connectivity index (χ1) is 5.34. The second-order valence-corrected chi connectivity index (χ2v) is 2.76. The van der Waals surface area contributed by atoms with Crippen molar-refractivity contribution in [2.45, 2.75) is 19.3 Å². The first-order valence-corrected chi connectivity index (χ1v) is 3.94. The minimum absolute atomic E-state index is 0.536. The molecule has 2 nitrogen and oxygen atoms in total. The molecule has 0 bridgehead atoms. The highest BCUT2D eigenvalue weighted by molar-refractivity contribution is 5.13. The molecule has 0 aliphatic carbocycles. The molecule has 60 valence electrons. The topological polar surface area (TPSA) is 38.9 Å². The second-order valence-electron chi connectivity index (χ2n) is 2.76. The van der Waals surface area contributed by atoms with Crippen LogP contribution in [0.2, 0.25) is 0 Å². The third kappa shape index (κ3) is 2.31. The van der Waals surface area contributed by atoms with Gasteiger partial charge in [-0.2, -0.15) is 0 Å². The van der Waals surface area contributed by atoms with E-state index < -0.39 is 0 Å². The summed E-state index contributed by atoms with van der Waals surface area (Å²) in [5.41, 5.74) is 6.72. The summed E-state index contributed by atoms with van der Waals surface area (Å²) in [4.78, 5) is 4.05. The number of nitrogens with two attached hydrogens (primary N) is 1. The van der Waals surface area contributed by atoms with Gasteiger partial charge in [0.25, 0.3) is 0 Å². The van der Waals surface area contributed by atoms with E-state index in [1.807, 2.05) is 12.3 Å². The largest absolute Gasteiger partial charge is 0.330 e. The average molecular weight is 150 g/mol. The van der Waals surface area contributed by atoms with E-state index in [1.165, 1.54) is 5.56 Å². The van der Waals surface area contributed by atoms with Crippen molar-refractivity contribution < 1.29 is 0 Å². The molecule has 1 rings (SSSR count). The maximum atomic E-state index is 5.45. The summed E-state index contributed by atoms with van der Waals surface area (Å²) in [6.07, 6.45) is 4.73. The van der Waals surface area contributed by atoms with Gasteiger partial charge in [0.05, 0.1) is 0 Å². The van der Waals surface area contributed by atoms with E-state index in [-0.39, 0.29) is 0 Å². The molecular weight excluding hydrogens is 136 g/mol. The Morgan fingerprint density at radius 1 is 1.64 bits per heavy atom. The fourth-order valence-electron chi connectivity index (χ4n) is 1.08. The Morgan fingerprint density at radius 3 is 3.00 bits per heavy atom. The van der Waals surface area contributed by atoms with Crippen LogP contribution in [0.1, 0.15) is 24.8 Å². The van der Waals surface area contributed by atoms with Gasteiger partial charge in [0.2, 0.25) is 0 Å². The minimum atomic E-state index is 0.536. The Kier molecular flexibility index (Phi) is 3.05. The van der Waals surface area contributed by atoms with Gasteiger partial charge >= 0.3 is 0 Å². The Balaban J connectivity index is 2.61. The third-order valence-electron chi connectivity index (χ3n) is 1.85. The third-order valence-corrected chi connectivity index (χ3v) is 1.85. The standard InChI is InChI=1S/C9H14N2/c1-8(4-5-10)9-3-2-6-11-7-9/h2-3,6-8H,4-5,10H2,1H3. The van der Waals surface area contributed by atoms with Gasteiger partial charge in [-0.05, 0) is 30.5 Å². The van der Waals surface area contributed by atoms with E-state index >= 15 is 0 Å². The molecule has 1 heterocycles. The van der Waals surface area contributed by atoms with E-state index in [0.29, 0.717) is 5.92 Å². The monoisotopic (exact) mass is 150 g/mol. The highest BCUT2D eigenvalue weighted by Crippen LogP contribution is 2.15. The molecule has 0 radical (unpaired) electrons. The maximum absolute atomic E-state index is 5.45. The molecule has 1 aromatic heterocycles. The first-order valence-electron chi connectivity index (χ1n) is 3.94. The van der Waals surface area contributed by atoms with Crippen molar-refractivity contribution >= 4 is 0 Å². The van der Waals surface area contributed by atoms with E-state index in [0.717, 1.165) is 13.0 Å². The van der Waals surface area contributed by atoms with Crippen molar-refractivity contribution in [3.05, 3.63) is 30.1 Å². The fourth-order valence-corrected chi connectivity index (χ4v) is 1.08. The minimum Gasteiger partial charge on any atom is -0.330 e. The lowest BCUT2D eigenvalue weighted by molar-refractivity contribution is 0.687. The zero-order valence-electron chi connectivity index (χ0n) is 6.83. The van der Waals surface area contributed by atoms with Gasteiger partial charge in [0.1, 0.15) is 0 Å². The molecule has 0 amide bonds. The smallest absolute Gasteiger partial charge is 0.0302 e. The Hall–Kier alpha value is -0.890. The number of rotatable bonds is 3. The van der Waals surface area contributed by atoms with Crippen molar-refractivity contribution in [2.75, 3.05) is 6.54 Å². The molecule has 0 aromatic carbocycles. The molecule has 1 atom stereocenters. The number of aromatic nitrogens is 1. The lowest BCUT2D eigenvalue weighted by Crippen LogP contribution is -2.04. The van der Waals surface area contributed by atoms with Crippen LogP contribution in [-0.4, -0.2) is 11.5 Å². The summed E-state index contributed by atoms with van der Waals surface area (Å²) >= 11 is 0. The maximum Gasteiger partial charge on any atom is 0.0302 e. The zero-order chi connectivity index (χ0) is 8.10. The van der Waals surface area contributed by atoms with Gasteiger partial charge in [-0.1, -0.05) is 13.0 Å². The molecule has 0 saturated heterocycles. The van der Waals surface area contributed by atoms with Crippen LogP contribution in [0, 0.1) is 0 Å². The summed E-state index contributed by atoms with van der Waals surface area (Å²) < 4.78 is 0. The number of hydrogen-bond acceptors (Lipinski definition) is 2. The normalized spacial score (nSPS) is 12.9. The van der Waals surface area contributed by atoms with Crippen molar-refractivity contribution in [1.29, 1.82) is 0 Å². The van der Waals surface area contributed by atoms with Gasteiger partial charge in [-0.3, -0.25) is 4.98 Å². The van der Waals surface area contributed by atoms with E-state index in [2.05, 4.69) is 18.0 Å². The Bertz CT molecular complexity index is 196. The lowest BCUT2D eigenvalue weighted by Gasteiger charge is -2.08. The predicted molar refractivity (Wildman–Crippen MR) is 46.3 cm³/mol. The van der Waals surface area contributed by atoms with Crippen LogP contribution in [0.15, 0.2) is 24.5 Å². The SMILES string of the molecule is CC(CCN)c1cccnc1. The number of hydrogen-bond donors (Lipinski definition) is 1. The van der Waals surface area contributed by atoms with Crippen LogP contribution in [0.4, 0.5) is 0 Å². The second kappa shape index (κ2) is 4.09. The van der Waals surface area contributed by atoms with E-state index in [9.17, 15) is 0 Å². The Morgan fingerprint density at radius 2 is 2.45 bits per heavy atom. The van der Waals surface area contributed by atoms with E-state index in [4.69, 9.17) is 5.73 Å². The molecular formula is C9H14N2. The quantitative estimate of drug-likeness (QED) is 0.709. The molecule has 1 unspecified atom stereocenters. The number of nitrogens with zero attached hydrogens (tertiary/aromatic N) is 1. The summed E-state index contributed by atoms with van der Waals surface area (Å²) in [5.74, 6) is 0.536. The molecule has 1 aromatic rings. The summed E-state index contributed by atoms with van der Waals surface area (Å²) in [7, 11) is 0. The fraction of sp³-hybridized carbons (Fsp3) is 0.444. The van der Waals surface area contributed by atoms with Gasteiger partial charge in [-0.25, -0.2) is 0 Å². The first kappa shape index (κ1) is 8.21. The van der Waals surface area contributed by atoms with Gasteiger partial charge < -0.3 is 5.73 Å². The van der Waals surface area contributed by atoms with Crippen LogP contribution < -0.4 is 5.73 Å². The zero-order valence-corrected chi connectivity index (χ0v) is 6.83. The highest BCUT2D eigenvalue weighted by Gasteiger charge is 2.02. The Labute approximate surface area is 67.5 Å². The lowest BCUT2D eigenvalue weighted by atomic mass is 10.0. The average Bonchev–Trinajstić information content (AvgIpc) is 2.07. The van der Waals surface area contributed by atoms with Crippen LogP contribution in [0.25, 0.3) is 0 Å². The van der Waals surface area contributed by atoms with E-state index in [1.54, 1.807) is 6.20 Å². The van der Waals surface area contributed by atoms with Gasteiger partial charge in [0, 0.05) is 12.4 Å².